The van der Waals surface area contributed by atoms with Crippen LogP contribution in [0.2, 0.25) is 0 Å². The Labute approximate surface area is 111 Å². The third-order valence-corrected chi connectivity index (χ3v) is 4.13. The van der Waals surface area contributed by atoms with Crippen molar-refractivity contribution in [3.63, 3.8) is 0 Å². The predicted molar refractivity (Wildman–Crippen MR) is 70.0 cm³/mol. The first-order valence-corrected chi connectivity index (χ1v) is 6.51. The molecule has 5 nitrogen and oxygen atoms in total. The first-order valence-electron chi connectivity index (χ1n) is 6.51. The molecule has 5 heteroatoms. The summed E-state index contributed by atoms with van der Waals surface area (Å²) in [5.74, 6) is -1.42. The van der Waals surface area contributed by atoms with Gasteiger partial charge in [-0.05, 0) is 30.9 Å². The molecule has 2 aliphatic rings. The number of carboxylic acid groups (broad SMARTS) is 1. The highest BCUT2D eigenvalue weighted by Crippen LogP contribution is 2.35. The molecule has 3 rings (SSSR count). The molecule has 100 valence electrons. The topological polar surface area (TPSA) is 78.4 Å². The van der Waals surface area contributed by atoms with Crippen molar-refractivity contribution in [3.8, 4) is 0 Å². The van der Waals surface area contributed by atoms with Gasteiger partial charge >= 0.3 is 5.97 Å². The van der Waals surface area contributed by atoms with E-state index in [0.717, 1.165) is 17.7 Å². The maximum Gasteiger partial charge on any atom is 0.329 e. The van der Waals surface area contributed by atoms with Crippen molar-refractivity contribution in [2.24, 2.45) is 0 Å². The number of para-hydroxylation sites is 1. The molecule has 1 heterocycles. The van der Waals surface area contributed by atoms with Gasteiger partial charge in [0.25, 0.3) is 0 Å². The van der Waals surface area contributed by atoms with E-state index in [4.69, 9.17) is 0 Å². The molecule has 0 radical (unpaired) electrons. The third kappa shape index (κ3) is 1.85. The number of amides is 1. The van der Waals surface area contributed by atoms with Gasteiger partial charge in [0.1, 0.15) is 5.54 Å². The van der Waals surface area contributed by atoms with E-state index in [2.05, 4.69) is 10.6 Å². The molecule has 0 bridgehead atoms. The minimum Gasteiger partial charge on any atom is -0.480 e. The van der Waals surface area contributed by atoms with Gasteiger partial charge < -0.3 is 15.7 Å². The zero-order chi connectivity index (χ0) is 13.5. The minimum absolute atomic E-state index is 0.195. The van der Waals surface area contributed by atoms with E-state index < -0.39 is 11.5 Å². The number of aliphatic carboxylic acids is 1. The molecule has 1 aromatic carbocycles. The molecule has 19 heavy (non-hydrogen) atoms. The summed E-state index contributed by atoms with van der Waals surface area (Å²) in [6.45, 7) is 0.529. The van der Waals surface area contributed by atoms with E-state index in [9.17, 15) is 14.7 Å². The Balaban J connectivity index is 1.77. The van der Waals surface area contributed by atoms with Crippen molar-refractivity contribution in [2.45, 2.75) is 30.7 Å². The van der Waals surface area contributed by atoms with E-state index in [0.29, 0.717) is 19.4 Å². The van der Waals surface area contributed by atoms with Crippen LogP contribution in [0.3, 0.4) is 0 Å². The Kier molecular flexibility index (Phi) is 2.69. The van der Waals surface area contributed by atoms with E-state index in [-0.39, 0.29) is 11.8 Å². The Morgan fingerprint density at radius 1 is 1.32 bits per heavy atom. The smallest absolute Gasteiger partial charge is 0.329 e. The summed E-state index contributed by atoms with van der Waals surface area (Å²) in [5, 5.41) is 15.1. The molecule has 1 aliphatic heterocycles. The van der Waals surface area contributed by atoms with Crippen LogP contribution in [-0.2, 0) is 9.59 Å². The summed E-state index contributed by atoms with van der Waals surface area (Å²) < 4.78 is 0. The summed E-state index contributed by atoms with van der Waals surface area (Å²) in [5.41, 5.74) is 0.870. The molecule has 3 N–H and O–H groups in total. The molecule has 0 saturated heterocycles. The first kappa shape index (κ1) is 12.0. The number of nitrogens with one attached hydrogen (secondary N) is 2. The molecule has 1 amide bonds. The third-order valence-electron chi connectivity index (χ3n) is 4.13. The minimum atomic E-state index is -1.03. The molecule has 1 atom stereocenters. The van der Waals surface area contributed by atoms with Gasteiger partial charge in [-0.2, -0.15) is 0 Å². The van der Waals surface area contributed by atoms with E-state index in [1.807, 2.05) is 24.3 Å². The van der Waals surface area contributed by atoms with Crippen molar-refractivity contribution in [2.75, 3.05) is 11.9 Å². The van der Waals surface area contributed by atoms with Gasteiger partial charge in [0.05, 0.1) is 5.92 Å². The average Bonchev–Trinajstić information content (AvgIpc) is 2.77. The van der Waals surface area contributed by atoms with Gasteiger partial charge in [-0.1, -0.05) is 18.2 Å². The number of anilines is 1. The molecular weight excluding hydrogens is 244 g/mol. The lowest BCUT2D eigenvalue weighted by Crippen LogP contribution is -2.60. The Hall–Kier alpha value is -2.04. The second-order valence-corrected chi connectivity index (χ2v) is 5.25. The van der Waals surface area contributed by atoms with Crippen LogP contribution in [0.1, 0.15) is 30.7 Å². The molecule has 1 fully saturated rings. The highest BCUT2D eigenvalue weighted by molar-refractivity contribution is 5.93. The highest BCUT2D eigenvalue weighted by Gasteiger charge is 2.47. The second-order valence-electron chi connectivity index (χ2n) is 5.25. The summed E-state index contributed by atoms with van der Waals surface area (Å²) in [7, 11) is 0. The Morgan fingerprint density at radius 2 is 2.05 bits per heavy atom. The van der Waals surface area contributed by atoms with Gasteiger partial charge in [0.2, 0.25) is 5.91 Å². The molecule has 0 spiro atoms. The van der Waals surface area contributed by atoms with Gasteiger partial charge in [-0.15, -0.1) is 0 Å². The fraction of sp³-hybridized carbons (Fsp3) is 0.429. The largest absolute Gasteiger partial charge is 0.480 e. The summed E-state index contributed by atoms with van der Waals surface area (Å²) in [4.78, 5) is 23.6. The van der Waals surface area contributed by atoms with Crippen LogP contribution in [0.5, 0.6) is 0 Å². The van der Waals surface area contributed by atoms with E-state index in [1.54, 1.807) is 0 Å². The number of rotatable bonds is 3. The molecule has 1 saturated carbocycles. The average molecular weight is 260 g/mol. The lowest BCUT2D eigenvalue weighted by atomic mass is 9.76. The van der Waals surface area contributed by atoms with Crippen LogP contribution >= 0.6 is 0 Å². The maximum atomic E-state index is 12.3. The van der Waals surface area contributed by atoms with Crippen LogP contribution in [0.4, 0.5) is 5.69 Å². The normalized spacial score (nSPS) is 22.8. The Morgan fingerprint density at radius 3 is 2.68 bits per heavy atom. The van der Waals surface area contributed by atoms with Gasteiger partial charge in [-0.3, -0.25) is 4.79 Å². The maximum absolute atomic E-state index is 12.3. The van der Waals surface area contributed by atoms with Gasteiger partial charge in [0.15, 0.2) is 0 Å². The van der Waals surface area contributed by atoms with Crippen molar-refractivity contribution in [1.82, 2.24) is 5.32 Å². The fourth-order valence-corrected chi connectivity index (χ4v) is 2.76. The SMILES string of the molecule is O=C(NC1(C(=O)O)CCC1)C1CNc2ccccc21. The monoisotopic (exact) mass is 260 g/mol. The van der Waals surface area contributed by atoms with Crippen LogP contribution in [0, 0.1) is 0 Å². The Bertz CT molecular complexity index is 537. The van der Waals surface area contributed by atoms with Gasteiger partial charge in [-0.25, -0.2) is 4.79 Å². The number of carboxylic acids is 1. The predicted octanol–water partition coefficient (Wildman–Crippen LogP) is 1.32. The van der Waals surface area contributed by atoms with Crippen LogP contribution in [0.25, 0.3) is 0 Å². The van der Waals surface area contributed by atoms with Crippen LogP contribution in [-0.4, -0.2) is 29.1 Å². The quantitative estimate of drug-likeness (QED) is 0.766. The number of hydrogen-bond acceptors (Lipinski definition) is 3. The zero-order valence-electron chi connectivity index (χ0n) is 10.5. The van der Waals surface area contributed by atoms with Crippen LogP contribution < -0.4 is 10.6 Å². The standard InChI is InChI=1S/C14H16N2O3/c17-12(16-14(13(18)19)6-3-7-14)10-8-15-11-5-2-1-4-9(10)11/h1-2,4-5,10,15H,3,6-8H2,(H,16,17)(H,18,19). The van der Waals surface area contributed by atoms with Crippen molar-refractivity contribution >= 4 is 17.6 Å². The molecule has 0 aromatic heterocycles. The molecule has 1 unspecified atom stereocenters. The molecular formula is C14H16N2O3. The number of carbonyl (C=O) groups excluding carboxylic acids is 1. The highest BCUT2D eigenvalue weighted by atomic mass is 16.4. The number of benzene rings is 1. The summed E-state index contributed by atoms with van der Waals surface area (Å²) in [6.07, 6.45) is 1.90. The number of carbonyl (C=O) groups is 2. The van der Waals surface area contributed by atoms with Crippen molar-refractivity contribution in [3.05, 3.63) is 29.8 Å². The van der Waals surface area contributed by atoms with Crippen LogP contribution in [0.15, 0.2) is 24.3 Å². The van der Waals surface area contributed by atoms with Crippen molar-refractivity contribution < 1.29 is 14.7 Å². The van der Waals surface area contributed by atoms with Crippen molar-refractivity contribution in [1.29, 1.82) is 0 Å². The number of hydrogen-bond donors (Lipinski definition) is 3. The lowest BCUT2D eigenvalue weighted by Gasteiger charge is -2.38. The lowest BCUT2D eigenvalue weighted by molar-refractivity contribution is -0.152. The van der Waals surface area contributed by atoms with E-state index >= 15 is 0 Å². The number of fused-ring (bicyclic) bond motifs is 1. The van der Waals surface area contributed by atoms with E-state index in [1.165, 1.54) is 0 Å². The first-order chi connectivity index (χ1) is 9.12. The zero-order valence-corrected chi connectivity index (χ0v) is 10.5. The van der Waals surface area contributed by atoms with Gasteiger partial charge in [0, 0.05) is 12.2 Å². The molecule has 1 aliphatic carbocycles. The summed E-state index contributed by atoms with van der Waals surface area (Å²) in [6, 6.07) is 7.64. The fourth-order valence-electron chi connectivity index (χ4n) is 2.76. The molecule has 1 aromatic rings. The summed E-state index contributed by atoms with van der Waals surface area (Å²) >= 11 is 0. The second kappa shape index (κ2) is 4.26.